The Morgan fingerprint density at radius 3 is 0.571 bits per heavy atom. The third-order valence-corrected chi connectivity index (χ3v) is 0. The molecule has 0 rings (SSSR count). The summed E-state index contributed by atoms with van der Waals surface area (Å²) in [6.45, 7) is 0. The van der Waals surface area contributed by atoms with Gasteiger partial charge in [0.2, 0.25) is 0 Å². The zero-order valence-corrected chi connectivity index (χ0v) is 9.25. The first kappa shape index (κ1) is 111. The van der Waals surface area contributed by atoms with Gasteiger partial charge in [0.05, 0.1) is 0 Å². The van der Waals surface area contributed by atoms with Crippen molar-refractivity contribution in [1.29, 1.82) is 0 Å². The van der Waals surface area contributed by atoms with Crippen molar-refractivity contribution < 1.29 is 20.3 Å². The van der Waals surface area contributed by atoms with E-state index < -0.39 is 0 Å². The van der Waals surface area contributed by atoms with Crippen molar-refractivity contribution in [3.05, 3.63) is 0 Å². The largest absolute Gasteiger partial charge is 1.00 e. The second-order valence-corrected chi connectivity index (χ2v) is 0. The maximum Gasteiger partial charge on any atom is 1.00 e. The van der Waals surface area contributed by atoms with E-state index in [9.17, 15) is 0 Å². The summed E-state index contributed by atoms with van der Waals surface area (Å²) >= 11 is 0. The van der Waals surface area contributed by atoms with Crippen molar-refractivity contribution in [3.63, 3.8) is 0 Å². The molecule has 0 aliphatic heterocycles. The zero-order valence-electron chi connectivity index (χ0n) is 4.75. The monoisotopic (exact) mass is 222 g/mol. The molecule has 0 N–H and O–H groups in total. The first-order valence-electron chi connectivity index (χ1n) is 0. The number of halogens is 5. The Labute approximate surface area is 91.7 Å². The van der Waals surface area contributed by atoms with Crippen LogP contribution in [0.2, 0.25) is 0 Å². The molecule has 0 aromatic carbocycles. The Kier molecular flexibility index (Phi) is 1220. The van der Waals surface area contributed by atoms with Crippen molar-refractivity contribution in [2.75, 3.05) is 0 Å². The number of hydrogen-bond acceptors (Lipinski definition) is 0. The Hall–Kier alpha value is 2.48. The molecule has 0 heterocycles. The van der Waals surface area contributed by atoms with Gasteiger partial charge in [-0.2, -0.15) is 9.90 Å². The van der Waals surface area contributed by atoms with E-state index in [0.29, 0.717) is 0 Å². The summed E-state index contributed by atoms with van der Waals surface area (Å²) in [6.07, 6.45) is 0. The summed E-state index contributed by atoms with van der Waals surface area (Å²) in [7, 11) is 0. The predicted octanol–water partition coefficient (Wildman–Crippen LogP) is -0.716. The molecule has 0 aliphatic rings. The van der Waals surface area contributed by atoms with Gasteiger partial charge in [-0.3, -0.25) is 0 Å². The van der Waals surface area contributed by atoms with Crippen LogP contribution in [0.3, 0.4) is 0 Å². The van der Waals surface area contributed by atoms with Gasteiger partial charge in [-0.15, -0.1) is 62.0 Å². The quantitative estimate of drug-likeness (QED) is 0.376. The van der Waals surface area contributed by atoms with Crippen LogP contribution < -0.4 is 18.9 Å². The molecule has 0 bridgehead atoms. The molecule has 0 saturated heterocycles. The summed E-state index contributed by atoms with van der Waals surface area (Å²) in [6, 6.07) is 0. The number of rotatable bonds is 0. The Morgan fingerprint density at radius 2 is 0.571 bits per heavy atom. The molecule has 0 fully saturated rings. The minimum Gasteiger partial charge on any atom is -1.00 e. The molecule has 0 amide bonds. The Balaban J connectivity index is 0. The predicted molar refractivity (Wildman–Crippen MR) is 48.5 cm³/mol. The second kappa shape index (κ2) is 77.2. The van der Waals surface area contributed by atoms with Crippen LogP contribution in [-0.4, -0.2) is 0 Å². The normalized spacial score (nSPS) is 0. The van der Waals surface area contributed by atoms with Gasteiger partial charge in [-0.25, -0.2) is 0 Å². The molecule has 0 aromatic rings. The van der Waals surface area contributed by atoms with E-state index in [1.165, 1.54) is 0 Å². The maximum atomic E-state index is 0. The molecule has 0 spiro atoms. The average Bonchev–Trinajstić information content (AvgIpc) is 0. The van der Waals surface area contributed by atoms with E-state index >= 15 is 0 Å². The SMILES string of the molecule is Cl.Cl.Cl.Cl.Cl.P.[H-].[Li+]. The molecular formula is H9Cl5LiP. The van der Waals surface area contributed by atoms with Gasteiger partial charge < -0.3 is 1.43 Å². The minimum absolute atomic E-state index is 0. The zero-order chi connectivity index (χ0) is 0. The van der Waals surface area contributed by atoms with E-state index in [0.717, 1.165) is 0 Å². The van der Waals surface area contributed by atoms with Crippen LogP contribution in [0.25, 0.3) is 0 Å². The Morgan fingerprint density at radius 1 is 0.571 bits per heavy atom. The second-order valence-electron chi connectivity index (χ2n) is 0. The van der Waals surface area contributed by atoms with E-state index in [1.807, 2.05) is 0 Å². The number of hydrogen-bond donors (Lipinski definition) is 0. The molecule has 0 radical (unpaired) electrons. The molecule has 0 saturated carbocycles. The van der Waals surface area contributed by atoms with Crippen molar-refractivity contribution in [2.24, 2.45) is 0 Å². The van der Waals surface area contributed by atoms with Gasteiger partial charge >= 0.3 is 18.9 Å². The van der Waals surface area contributed by atoms with Crippen LogP contribution in [-0.2, 0) is 0 Å². The first-order chi connectivity index (χ1) is 0. The average molecular weight is 224 g/mol. The fraction of sp³-hybridized carbons (Fsp3) is 0. The van der Waals surface area contributed by atoms with E-state index in [1.54, 1.807) is 0 Å². The van der Waals surface area contributed by atoms with Crippen LogP contribution >= 0.6 is 71.9 Å². The van der Waals surface area contributed by atoms with Gasteiger partial charge in [-0.05, 0) is 0 Å². The fourth-order valence-electron chi connectivity index (χ4n) is 0. The summed E-state index contributed by atoms with van der Waals surface area (Å²) in [5.74, 6) is 0. The fourth-order valence-corrected chi connectivity index (χ4v) is 0. The molecular weight excluding hydrogens is 215 g/mol. The molecule has 0 nitrogen and oxygen atoms in total. The topological polar surface area (TPSA) is 0 Å². The van der Waals surface area contributed by atoms with Gasteiger partial charge in [0.25, 0.3) is 0 Å². The first-order valence-corrected chi connectivity index (χ1v) is 0. The van der Waals surface area contributed by atoms with Crippen molar-refractivity contribution in [3.8, 4) is 0 Å². The molecule has 1 unspecified atom stereocenters. The molecule has 50 valence electrons. The summed E-state index contributed by atoms with van der Waals surface area (Å²) in [4.78, 5) is 0. The molecule has 0 aliphatic carbocycles. The maximum absolute atomic E-state index is 0. The third kappa shape index (κ3) is 58.0. The summed E-state index contributed by atoms with van der Waals surface area (Å²) in [5.41, 5.74) is 0. The summed E-state index contributed by atoms with van der Waals surface area (Å²) in [5, 5.41) is 0. The third-order valence-electron chi connectivity index (χ3n) is 0. The standard InChI is InChI=1S/5ClH.Li.H3P.H/h5*1H;;1H3;/q;;;;;+1;;-1. The van der Waals surface area contributed by atoms with Crippen LogP contribution in [0, 0.1) is 0 Å². The van der Waals surface area contributed by atoms with Crippen LogP contribution in [0.4, 0.5) is 0 Å². The molecule has 1 atom stereocenters. The van der Waals surface area contributed by atoms with Gasteiger partial charge in [0.1, 0.15) is 0 Å². The minimum atomic E-state index is 0. The van der Waals surface area contributed by atoms with Crippen molar-refractivity contribution in [2.45, 2.75) is 0 Å². The molecule has 7 heavy (non-hydrogen) atoms. The van der Waals surface area contributed by atoms with Gasteiger partial charge in [-0.1, -0.05) is 0 Å². The summed E-state index contributed by atoms with van der Waals surface area (Å²) < 4.78 is 0. The van der Waals surface area contributed by atoms with Crippen molar-refractivity contribution >= 4 is 71.9 Å². The van der Waals surface area contributed by atoms with Gasteiger partial charge in [0.15, 0.2) is 0 Å². The van der Waals surface area contributed by atoms with Crippen LogP contribution in [0.15, 0.2) is 0 Å². The van der Waals surface area contributed by atoms with E-state index in [-0.39, 0.29) is 92.2 Å². The van der Waals surface area contributed by atoms with Crippen LogP contribution in [0.1, 0.15) is 1.43 Å². The molecule has 0 aromatic heterocycles. The van der Waals surface area contributed by atoms with E-state index in [4.69, 9.17) is 0 Å². The molecule has 7 heteroatoms. The smallest absolute Gasteiger partial charge is 1.00 e. The van der Waals surface area contributed by atoms with Crippen molar-refractivity contribution in [1.82, 2.24) is 0 Å². The Bertz CT molecular complexity index is 12.4. The van der Waals surface area contributed by atoms with Crippen LogP contribution in [0.5, 0.6) is 0 Å². The van der Waals surface area contributed by atoms with Gasteiger partial charge in [0, 0.05) is 0 Å². The van der Waals surface area contributed by atoms with E-state index in [2.05, 4.69) is 0 Å².